The van der Waals surface area contributed by atoms with Gasteiger partial charge in [0.05, 0.1) is 17.6 Å². The standard InChI is InChI=1S/C21H22ClN3O2/c1-13-9-18(10-14(2)20(13)22)27-12-16-5-7-17(8-6-16)21(26)24-19-11-23-25(4)15(19)3/h5-11H,12H2,1-4H3,(H,24,26). The van der Waals surface area contributed by atoms with Crippen LogP contribution in [-0.2, 0) is 13.7 Å². The van der Waals surface area contributed by atoms with Crippen LogP contribution in [-0.4, -0.2) is 15.7 Å². The van der Waals surface area contributed by atoms with Crippen molar-refractivity contribution >= 4 is 23.2 Å². The Labute approximate surface area is 163 Å². The van der Waals surface area contributed by atoms with E-state index in [1.165, 1.54) is 0 Å². The van der Waals surface area contributed by atoms with Gasteiger partial charge in [0.25, 0.3) is 5.91 Å². The number of carbonyl (C=O) groups is 1. The number of rotatable bonds is 5. The number of hydrogen-bond donors (Lipinski definition) is 1. The summed E-state index contributed by atoms with van der Waals surface area (Å²) in [6, 6.07) is 11.2. The normalized spacial score (nSPS) is 10.7. The monoisotopic (exact) mass is 383 g/mol. The number of ether oxygens (including phenoxy) is 1. The Hall–Kier alpha value is -2.79. The molecule has 0 saturated heterocycles. The molecule has 3 aromatic rings. The maximum atomic E-state index is 12.4. The molecule has 0 unspecified atom stereocenters. The van der Waals surface area contributed by atoms with Crippen molar-refractivity contribution in [3.8, 4) is 5.75 Å². The first-order valence-electron chi connectivity index (χ1n) is 8.63. The van der Waals surface area contributed by atoms with Gasteiger partial charge >= 0.3 is 0 Å². The molecule has 0 fully saturated rings. The first kappa shape index (κ1) is 19.0. The molecule has 140 valence electrons. The Bertz CT molecular complexity index is 955. The topological polar surface area (TPSA) is 56.1 Å². The second-order valence-electron chi connectivity index (χ2n) is 6.58. The van der Waals surface area contributed by atoms with E-state index in [2.05, 4.69) is 10.4 Å². The minimum absolute atomic E-state index is 0.164. The van der Waals surface area contributed by atoms with Gasteiger partial charge in [0.15, 0.2) is 0 Å². The minimum Gasteiger partial charge on any atom is -0.489 e. The van der Waals surface area contributed by atoms with Crippen LogP contribution < -0.4 is 10.1 Å². The van der Waals surface area contributed by atoms with E-state index < -0.39 is 0 Å². The van der Waals surface area contributed by atoms with Crippen LogP contribution in [0.1, 0.15) is 32.7 Å². The van der Waals surface area contributed by atoms with Crippen molar-refractivity contribution in [3.63, 3.8) is 0 Å². The van der Waals surface area contributed by atoms with Crippen molar-refractivity contribution in [2.24, 2.45) is 7.05 Å². The molecule has 27 heavy (non-hydrogen) atoms. The van der Waals surface area contributed by atoms with Gasteiger partial charge in [-0.15, -0.1) is 0 Å². The molecule has 1 aromatic heterocycles. The molecule has 0 aliphatic carbocycles. The maximum absolute atomic E-state index is 12.4. The van der Waals surface area contributed by atoms with Crippen LogP contribution in [0.2, 0.25) is 5.02 Å². The van der Waals surface area contributed by atoms with Gasteiger partial charge < -0.3 is 10.1 Å². The van der Waals surface area contributed by atoms with E-state index in [0.29, 0.717) is 17.9 Å². The molecule has 1 heterocycles. The van der Waals surface area contributed by atoms with Crippen LogP contribution in [0, 0.1) is 20.8 Å². The summed E-state index contributed by atoms with van der Waals surface area (Å²) in [5.41, 5.74) is 5.16. The second kappa shape index (κ2) is 7.84. The molecule has 0 aliphatic heterocycles. The SMILES string of the molecule is Cc1cc(OCc2ccc(C(=O)Nc3cnn(C)c3C)cc2)cc(C)c1Cl. The third kappa shape index (κ3) is 4.31. The fraction of sp³-hybridized carbons (Fsp3) is 0.238. The molecule has 0 spiro atoms. The number of aryl methyl sites for hydroxylation is 3. The molecule has 0 saturated carbocycles. The van der Waals surface area contributed by atoms with E-state index in [-0.39, 0.29) is 5.91 Å². The average Bonchev–Trinajstić information content (AvgIpc) is 2.96. The number of anilines is 1. The fourth-order valence-corrected chi connectivity index (χ4v) is 2.83. The lowest BCUT2D eigenvalue weighted by atomic mass is 10.1. The van der Waals surface area contributed by atoms with Gasteiger partial charge in [0.2, 0.25) is 0 Å². The Morgan fingerprint density at radius 2 is 1.78 bits per heavy atom. The lowest BCUT2D eigenvalue weighted by Crippen LogP contribution is -2.12. The van der Waals surface area contributed by atoms with Crippen molar-refractivity contribution in [1.29, 1.82) is 0 Å². The highest BCUT2D eigenvalue weighted by Crippen LogP contribution is 2.26. The molecule has 0 aliphatic rings. The Kier molecular flexibility index (Phi) is 5.51. The molecule has 1 amide bonds. The van der Waals surface area contributed by atoms with E-state index >= 15 is 0 Å². The lowest BCUT2D eigenvalue weighted by Gasteiger charge is -2.10. The highest BCUT2D eigenvalue weighted by Gasteiger charge is 2.10. The van der Waals surface area contributed by atoms with Gasteiger partial charge in [-0.3, -0.25) is 9.48 Å². The molecule has 6 heteroatoms. The van der Waals surface area contributed by atoms with Gasteiger partial charge in [-0.05, 0) is 61.7 Å². The van der Waals surface area contributed by atoms with Crippen LogP contribution in [0.4, 0.5) is 5.69 Å². The number of amides is 1. The third-order valence-electron chi connectivity index (χ3n) is 4.52. The largest absolute Gasteiger partial charge is 0.489 e. The molecule has 0 bridgehead atoms. The molecular weight excluding hydrogens is 362 g/mol. The first-order chi connectivity index (χ1) is 12.8. The lowest BCUT2D eigenvalue weighted by molar-refractivity contribution is 0.102. The molecule has 0 atom stereocenters. The van der Waals surface area contributed by atoms with Gasteiger partial charge in [0, 0.05) is 17.6 Å². The number of carbonyl (C=O) groups excluding carboxylic acids is 1. The second-order valence-corrected chi connectivity index (χ2v) is 6.96. The van der Waals surface area contributed by atoms with Gasteiger partial charge in [0.1, 0.15) is 12.4 Å². The quantitative estimate of drug-likeness (QED) is 0.686. The van der Waals surface area contributed by atoms with Crippen LogP contribution in [0.15, 0.2) is 42.6 Å². The summed E-state index contributed by atoms with van der Waals surface area (Å²) < 4.78 is 7.57. The zero-order valence-electron chi connectivity index (χ0n) is 15.8. The zero-order chi connectivity index (χ0) is 19.6. The molecule has 5 nitrogen and oxygen atoms in total. The summed E-state index contributed by atoms with van der Waals surface area (Å²) in [4.78, 5) is 12.4. The third-order valence-corrected chi connectivity index (χ3v) is 5.11. The van der Waals surface area contributed by atoms with Crippen LogP contribution in [0.3, 0.4) is 0 Å². The number of hydrogen-bond acceptors (Lipinski definition) is 3. The summed E-state index contributed by atoms with van der Waals surface area (Å²) in [7, 11) is 1.84. The van der Waals surface area contributed by atoms with Crippen molar-refractivity contribution in [2.45, 2.75) is 27.4 Å². The fourth-order valence-electron chi connectivity index (χ4n) is 2.72. The highest BCUT2D eigenvalue weighted by atomic mass is 35.5. The first-order valence-corrected chi connectivity index (χ1v) is 9.01. The smallest absolute Gasteiger partial charge is 0.255 e. The van der Waals surface area contributed by atoms with Gasteiger partial charge in [-0.1, -0.05) is 23.7 Å². The van der Waals surface area contributed by atoms with Crippen LogP contribution in [0.25, 0.3) is 0 Å². The van der Waals surface area contributed by atoms with Gasteiger partial charge in [-0.25, -0.2) is 0 Å². The predicted molar refractivity (Wildman–Crippen MR) is 108 cm³/mol. The van der Waals surface area contributed by atoms with Crippen LogP contribution >= 0.6 is 11.6 Å². The summed E-state index contributed by atoms with van der Waals surface area (Å²) in [5.74, 6) is 0.616. The van der Waals surface area contributed by atoms with Crippen molar-refractivity contribution < 1.29 is 9.53 Å². The summed E-state index contributed by atoms with van der Waals surface area (Å²) >= 11 is 6.18. The zero-order valence-corrected chi connectivity index (χ0v) is 16.6. The molecule has 0 radical (unpaired) electrons. The molecular formula is C21H22ClN3O2. The molecule has 3 rings (SSSR count). The number of aromatic nitrogens is 2. The average molecular weight is 384 g/mol. The highest BCUT2D eigenvalue weighted by molar-refractivity contribution is 6.32. The molecule has 1 N–H and O–H groups in total. The van der Waals surface area contributed by atoms with E-state index in [4.69, 9.17) is 16.3 Å². The number of halogens is 1. The van der Waals surface area contributed by atoms with E-state index in [1.807, 2.05) is 52.1 Å². The summed E-state index contributed by atoms with van der Waals surface area (Å²) in [5, 5.41) is 7.77. The van der Waals surface area contributed by atoms with E-state index in [9.17, 15) is 4.79 Å². The summed E-state index contributed by atoms with van der Waals surface area (Å²) in [6.45, 7) is 6.24. The predicted octanol–water partition coefficient (Wildman–Crippen LogP) is 4.83. The maximum Gasteiger partial charge on any atom is 0.255 e. The number of nitrogens with one attached hydrogen (secondary N) is 1. The Balaban J connectivity index is 1.63. The van der Waals surface area contributed by atoms with Gasteiger partial charge in [-0.2, -0.15) is 5.10 Å². The molecule has 2 aromatic carbocycles. The number of benzene rings is 2. The Morgan fingerprint density at radius 3 is 2.33 bits per heavy atom. The van der Waals surface area contributed by atoms with Crippen LogP contribution in [0.5, 0.6) is 5.75 Å². The van der Waals surface area contributed by atoms with E-state index in [1.54, 1.807) is 23.0 Å². The van der Waals surface area contributed by atoms with Crippen molar-refractivity contribution in [3.05, 3.63) is 75.6 Å². The Morgan fingerprint density at radius 1 is 1.15 bits per heavy atom. The van der Waals surface area contributed by atoms with E-state index in [0.717, 1.165) is 33.2 Å². The summed E-state index contributed by atoms with van der Waals surface area (Å²) in [6.07, 6.45) is 1.64. The van der Waals surface area contributed by atoms with Crippen molar-refractivity contribution in [1.82, 2.24) is 9.78 Å². The van der Waals surface area contributed by atoms with Crippen molar-refractivity contribution in [2.75, 3.05) is 5.32 Å². The minimum atomic E-state index is -0.164. The number of nitrogens with zero attached hydrogens (tertiary/aromatic N) is 2.